The Morgan fingerprint density at radius 2 is 1.64 bits per heavy atom. The van der Waals surface area contributed by atoms with Crippen LogP contribution in [0, 0.1) is 12.8 Å². The number of hydrogen-bond donors (Lipinski definition) is 0. The molecule has 122 valence electrons. The Morgan fingerprint density at radius 1 is 0.880 bits per heavy atom. The van der Waals surface area contributed by atoms with Crippen molar-refractivity contribution in [2.24, 2.45) is 10.9 Å². The van der Waals surface area contributed by atoms with Crippen molar-refractivity contribution in [3.63, 3.8) is 0 Å². The van der Waals surface area contributed by atoms with Crippen LogP contribution in [-0.2, 0) is 6.42 Å². The molecular weight excluding hydrogens is 322 g/mol. The van der Waals surface area contributed by atoms with Crippen molar-refractivity contribution in [1.29, 1.82) is 0 Å². The fourth-order valence-corrected chi connectivity index (χ4v) is 5.28. The van der Waals surface area contributed by atoms with Crippen LogP contribution in [0.3, 0.4) is 0 Å². The maximum Gasteiger partial charge on any atom is 0.0769 e. The molecule has 0 unspecified atom stereocenters. The summed E-state index contributed by atoms with van der Waals surface area (Å²) in [7, 11) is 0. The second-order valence-corrected chi connectivity index (χ2v) is 8.07. The van der Waals surface area contributed by atoms with E-state index in [0.29, 0.717) is 11.2 Å². The predicted molar refractivity (Wildman–Crippen MR) is 106 cm³/mol. The lowest BCUT2D eigenvalue weighted by molar-refractivity contribution is 0.693. The second-order valence-electron chi connectivity index (χ2n) is 6.88. The van der Waals surface area contributed by atoms with Crippen molar-refractivity contribution < 1.29 is 0 Å². The SMILES string of the molecule is Cc1ccc([C@@H]2Sc3ccccc3N=C3c4ccccc4C[C@H]32)cc1. The Bertz CT molecular complexity index is 971. The average molecular weight is 341 g/mol. The molecule has 3 aromatic carbocycles. The van der Waals surface area contributed by atoms with Crippen molar-refractivity contribution >= 4 is 23.2 Å². The number of para-hydroxylation sites is 1. The number of fused-ring (bicyclic) bond motifs is 4. The minimum absolute atomic E-state index is 0.399. The molecule has 1 heterocycles. The summed E-state index contributed by atoms with van der Waals surface area (Å²) in [6.07, 6.45) is 1.08. The second kappa shape index (κ2) is 5.89. The van der Waals surface area contributed by atoms with Crippen LogP contribution in [0.1, 0.15) is 27.5 Å². The number of benzene rings is 3. The van der Waals surface area contributed by atoms with Crippen LogP contribution in [0.25, 0.3) is 0 Å². The summed E-state index contributed by atoms with van der Waals surface area (Å²) in [4.78, 5) is 6.42. The van der Waals surface area contributed by atoms with Gasteiger partial charge in [0.05, 0.1) is 11.4 Å². The maximum absolute atomic E-state index is 5.13. The molecule has 3 aromatic rings. The van der Waals surface area contributed by atoms with Gasteiger partial charge >= 0.3 is 0 Å². The molecule has 0 saturated carbocycles. The number of nitrogens with zero attached hydrogens (tertiary/aromatic N) is 1. The zero-order valence-corrected chi connectivity index (χ0v) is 15.0. The molecular formula is C23H19NS. The van der Waals surface area contributed by atoms with E-state index in [-0.39, 0.29) is 0 Å². The highest BCUT2D eigenvalue weighted by molar-refractivity contribution is 7.99. The van der Waals surface area contributed by atoms with Crippen LogP contribution in [0.2, 0.25) is 0 Å². The molecule has 1 aliphatic carbocycles. The van der Waals surface area contributed by atoms with Crippen LogP contribution in [0.15, 0.2) is 82.7 Å². The molecule has 25 heavy (non-hydrogen) atoms. The zero-order valence-electron chi connectivity index (χ0n) is 14.1. The molecule has 2 atom stereocenters. The topological polar surface area (TPSA) is 12.4 Å². The first-order chi connectivity index (χ1) is 12.3. The predicted octanol–water partition coefficient (Wildman–Crippen LogP) is 6.14. The van der Waals surface area contributed by atoms with Gasteiger partial charge in [0.25, 0.3) is 0 Å². The minimum Gasteiger partial charge on any atom is -0.251 e. The standard InChI is InChI=1S/C23H19NS/c1-15-10-12-16(13-11-15)23-19-14-17-6-2-3-7-18(17)22(19)24-20-8-4-5-9-21(20)25-23/h2-13,19,23H,14H2,1H3/t19-,23+/m1/s1. The number of rotatable bonds is 1. The summed E-state index contributed by atoms with van der Waals surface area (Å²) in [5, 5.41) is 0.399. The highest BCUT2D eigenvalue weighted by atomic mass is 32.2. The van der Waals surface area contributed by atoms with Crippen molar-refractivity contribution in [3.05, 3.63) is 95.1 Å². The van der Waals surface area contributed by atoms with Crippen LogP contribution in [0.5, 0.6) is 0 Å². The molecule has 0 fully saturated rings. The number of aliphatic imine (C=N–C) groups is 1. The molecule has 0 amide bonds. The highest BCUT2D eigenvalue weighted by Crippen LogP contribution is 2.51. The Hall–Kier alpha value is -2.32. The molecule has 1 aliphatic heterocycles. The summed E-state index contributed by atoms with van der Waals surface area (Å²) < 4.78 is 0. The largest absolute Gasteiger partial charge is 0.251 e. The van der Waals surface area contributed by atoms with Gasteiger partial charge in [-0.2, -0.15) is 0 Å². The van der Waals surface area contributed by atoms with Crippen molar-refractivity contribution in [2.45, 2.75) is 23.5 Å². The molecule has 0 saturated heterocycles. The molecule has 5 rings (SSSR count). The normalized spacial score (nSPS) is 20.9. The Balaban J connectivity index is 1.70. The first-order valence-corrected chi connectivity index (χ1v) is 9.67. The van der Waals surface area contributed by atoms with Gasteiger partial charge in [0.1, 0.15) is 0 Å². The van der Waals surface area contributed by atoms with E-state index in [1.807, 2.05) is 11.8 Å². The van der Waals surface area contributed by atoms with E-state index in [2.05, 4.69) is 79.7 Å². The Morgan fingerprint density at radius 3 is 2.52 bits per heavy atom. The molecule has 0 bridgehead atoms. The first-order valence-electron chi connectivity index (χ1n) is 8.79. The Labute approximate surface area is 152 Å². The Kier molecular flexibility index (Phi) is 3.53. The molecule has 0 aromatic heterocycles. The third-order valence-corrected chi connectivity index (χ3v) is 6.67. The smallest absolute Gasteiger partial charge is 0.0769 e. The van der Waals surface area contributed by atoms with E-state index in [9.17, 15) is 0 Å². The minimum atomic E-state index is 0.399. The summed E-state index contributed by atoms with van der Waals surface area (Å²) in [5.41, 5.74) is 7.85. The van der Waals surface area contributed by atoms with Gasteiger partial charge in [0, 0.05) is 16.1 Å². The van der Waals surface area contributed by atoms with Crippen molar-refractivity contribution in [1.82, 2.24) is 0 Å². The van der Waals surface area contributed by atoms with Gasteiger partial charge in [-0.3, -0.25) is 4.99 Å². The number of thioether (sulfide) groups is 1. The third kappa shape index (κ3) is 2.52. The van der Waals surface area contributed by atoms with Gasteiger partial charge in [-0.25, -0.2) is 0 Å². The lowest BCUT2D eigenvalue weighted by Gasteiger charge is -2.22. The third-order valence-electron chi connectivity index (χ3n) is 5.22. The summed E-state index contributed by atoms with van der Waals surface area (Å²) in [6.45, 7) is 2.15. The molecule has 0 N–H and O–H groups in total. The first kappa shape index (κ1) is 15.0. The van der Waals surface area contributed by atoms with E-state index in [1.54, 1.807) is 0 Å². The highest BCUT2D eigenvalue weighted by Gasteiger charge is 2.37. The van der Waals surface area contributed by atoms with Gasteiger partial charge in [0.15, 0.2) is 0 Å². The summed E-state index contributed by atoms with van der Waals surface area (Å²) in [5.74, 6) is 0.428. The molecule has 0 radical (unpaired) electrons. The van der Waals surface area contributed by atoms with E-state index in [1.165, 1.54) is 32.9 Å². The van der Waals surface area contributed by atoms with Gasteiger partial charge < -0.3 is 0 Å². The van der Waals surface area contributed by atoms with Crippen LogP contribution in [0.4, 0.5) is 5.69 Å². The van der Waals surface area contributed by atoms with Gasteiger partial charge in [0.2, 0.25) is 0 Å². The lowest BCUT2D eigenvalue weighted by atomic mass is 9.94. The van der Waals surface area contributed by atoms with Crippen LogP contribution in [-0.4, -0.2) is 5.71 Å². The van der Waals surface area contributed by atoms with E-state index in [0.717, 1.165) is 12.1 Å². The molecule has 1 nitrogen and oxygen atoms in total. The van der Waals surface area contributed by atoms with Gasteiger partial charge in [-0.15, -0.1) is 11.8 Å². The monoisotopic (exact) mass is 341 g/mol. The zero-order chi connectivity index (χ0) is 16.8. The molecule has 2 aliphatic rings. The number of aryl methyl sites for hydroxylation is 1. The lowest BCUT2D eigenvalue weighted by Crippen LogP contribution is -2.16. The van der Waals surface area contributed by atoms with E-state index < -0.39 is 0 Å². The fraction of sp³-hybridized carbons (Fsp3) is 0.174. The quantitative estimate of drug-likeness (QED) is 0.518. The van der Waals surface area contributed by atoms with Crippen LogP contribution < -0.4 is 0 Å². The summed E-state index contributed by atoms with van der Waals surface area (Å²) >= 11 is 1.97. The van der Waals surface area contributed by atoms with Crippen LogP contribution >= 0.6 is 11.8 Å². The van der Waals surface area contributed by atoms with E-state index in [4.69, 9.17) is 4.99 Å². The summed E-state index contributed by atoms with van der Waals surface area (Å²) in [6, 6.07) is 26.4. The van der Waals surface area contributed by atoms with Crippen molar-refractivity contribution in [3.8, 4) is 0 Å². The van der Waals surface area contributed by atoms with E-state index >= 15 is 0 Å². The van der Waals surface area contributed by atoms with Crippen molar-refractivity contribution in [2.75, 3.05) is 0 Å². The average Bonchev–Trinajstić information content (AvgIpc) is 2.92. The van der Waals surface area contributed by atoms with Gasteiger partial charge in [-0.1, -0.05) is 66.2 Å². The van der Waals surface area contributed by atoms with Gasteiger partial charge in [-0.05, 0) is 42.2 Å². The number of hydrogen-bond acceptors (Lipinski definition) is 2. The molecule has 0 spiro atoms. The maximum atomic E-state index is 5.13. The fourth-order valence-electron chi connectivity index (χ4n) is 3.93. The molecule has 2 heteroatoms.